The summed E-state index contributed by atoms with van der Waals surface area (Å²) in [6.07, 6.45) is 4.91. The molecule has 4 rings (SSSR count). The minimum Gasteiger partial charge on any atom is -0.459 e. The zero-order chi connectivity index (χ0) is 17.2. The third-order valence-electron chi connectivity index (χ3n) is 5.33. The Morgan fingerprint density at radius 3 is 2.60 bits per heavy atom. The van der Waals surface area contributed by atoms with Crippen LogP contribution in [0.4, 0.5) is 0 Å². The highest BCUT2D eigenvalue weighted by molar-refractivity contribution is 5.91. The van der Waals surface area contributed by atoms with E-state index < -0.39 is 0 Å². The van der Waals surface area contributed by atoms with Crippen LogP contribution in [-0.4, -0.2) is 29.8 Å². The molecule has 2 aromatic rings. The van der Waals surface area contributed by atoms with Crippen LogP contribution < -0.4 is 5.32 Å². The number of aryl methyl sites for hydroxylation is 1. The molecule has 0 bridgehead atoms. The van der Waals surface area contributed by atoms with Gasteiger partial charge in [0, 0.05) is 19.0 Å². The lowest BCUT2D eigenvalue weighted by Gasteiger charge is -2.31. The van der Waals surface area contributed by atoms with Crippen LogP contribution in [0.1, 0.15) is 47.0 Å². The van der Waals surface area contributed by atoms with E-state index in [0.29, 0.717) is 31.7 Å². The molecule has 1 atom stereocenters. The molecule has 5 nitrogen and oxygen atoms in total. The Morgan fingerprint density at radius 1 is 1.04 bits per heavy atom. The van der Waals surface area contributed by atoms with Crippen LogP contribution >= 0.6 is 0 Å². The average molecular weight is 338 g/mol. The van der Waals surface area contributed by atoms with Crippen molar-refractivity contribution in [1.82, 2.24) is 10.2 Å². The zero-order valence-corrected chi connectivity index (χ0v) is 14.1. The van der Waals surface area contributed by atoms with Crippen molar-refractivity contribution in [3.05, 3.63) is 59.5 Å². The Hall–Kier alpha value is -2.56. The summed E-state index contributed by atoms with van der Waals surface area (Å²) in [5.41, 5.74) is 2.59. The number of likely N-dealkylation sites (tertiary alicyclic amines) is 1. The van der Waals surface area contributed by atoms with Crippen LogP contribution in [-0.2, 0) is 11.2 Å². The maximum atomic E-state index is 12.6. The number of carbonyl (C=O) groups excluding carboxylic acids is 2. The molecule has 0 spiro atoms. The lowest BCUT2D eigenvalue weighted by Crippen LogP contribution is -2.43. The van der Waals surface area contributed by atoms with Crippen molar-refractivity contribution in [3.63, 3.8) is 0 Å². The Morgan fingerprint density at radius 2 is 1.84 bits per heavy atom. The molecule has 1 aromatic carbocycles. The van der Waals surface area contributed by atoms with E-state index >= 15 is 0 Å². The zero-order valence-electron chi connectivity index (χ0n) is 14.1. The number of nitrogens with zero attached hydrogens (tertiary/aromatic N) is 1. The summed E-state index contributed by atoms with van der Waals surface area (Å²) in [4.78, 5) is 26.7. The second-order valence-electron chi connectivity index (χ2n) is 6.84. The second-order valence-corrected chi connectivity index (χ2v) is 6.84. The van der Waals surface area contributed by atoms with Gasteiger partial charge >= 0.3 is 0 Å². The summed E-state index contributed by atoms with van der Waals surface area (Å²) in [5, 5.41) is 3.22. The van der Waals surface area contributed by atoms with Crippen LogP contribution in [0.2, 0.25) is 0 Å². The van der Waals surface area contributed by atoms with Crippen LogP contribution in [0.15, 0.2) is 47.1 Å². The number of piperidine rings is 1. The molecule has 5 heteroatoms. The van der Waals surface area contributed by atoms with E-state index in [1.165, 1.54) is 17.4 Å². The third kappa shape index (κ3) is 3.18. The van der Waals surface area contributed by atoms with E-state index in [1.807, 2.05) is 6.07 Å². The number of amides is 2. The molecule has 1 aliphatic heterocycles. The Bertz CT molecular complexity index is 761. The second kappa shape index (κ2) is 6.75. The first-order chi connectivity index (χ1) is 12.2. The number of nitrogens with one attached hydrogen (secondary N) is 1. The van der Waals surface area contributed by atoms with Gasteiger partial charge in [0.2, 0.25) is 5.91 Å². The largest absolute Gasteiger partial charge is 0.459 e. The number of furan rings is 1. The number of hydrogen-bond acceptors (Lipinski definition) is 3. The summed E-state index contributed by atoms with van der Waals surface area (Å²) in [6, 6.07) is 11.9. The SMILES string of the molecule is O=C(NC1CCc2ccccc21)C1CCN(C(=O)c2ccco2)CC1. The number of fused-ring (bicyclic) bond motifs is 1. The van der Waals surface area contributed by atoms with Gasteiger partial charge in [-0.15, -0.1) is 0 Å². The van der Waals surface area contributed by atoms with E-state index in [2.05, 4.69) is 23.5 Å². The van der Waals surface area contributed by atoms with Gasteiger partial charge in [-0.05, 0) is 48.9 Å². The Labute approximate surface area is 147 Å². The van der Waals surface area contributed by atoms with Gasteiger partial charge < -0.3 is 14.6 Å². The van der Waals surface area contributed by atoms with E-state index in [9.17, 15) is 9.59 Å². The highest BCUT2D eigenvalue weighted by atomic mass is 16.3. The predicted octanol–water partition coefficient (Wildman–Crippen LogP) is 2.94. The molecule has 0 radical (unpaired) electrons. The van der Waals surface area contributed by atoms with Gasteiger partial charge in [-0.3, -0.25) is 9.59 Å². The molecule has 1 fully saturated rings. The first-order valence-electron chi connectivity index (χ1n) is 8.93. The number of carbonyl (C=O) groups is 2. The summed E-state index contributed by atoms with van der Waals surface area (Å²) in [5.74, 6) is 0.374. The number of rotatable bonds is 3. The van der Waals surface area contributed by atoms with Gasteiger partial charge in [0.25, 0.3) is 5.91 Å². The van der Waals surface area contributed by atoms with Crippen molar-refractivity contribution in [2.24, 2.45) is 5.92 Å². The summed E-state index contributed by atoms with van der Waals surface area (Å²) < 4.78 is 5.17. The molecular formula is C20H22N2O3. The van der Waals surface area contributed by atoms with Crippen LogP contribution in [0, 0.1) is 5.92 Å². The molecule has 1 saturated heterocycles. The van der Waals surface area contributed by atoms with Crippen molar-refractivity contribution in [3.8, 4) is 0 Å². The van der Waals surface area contributed by atoms with Crippen molar-refractivity contribution in [2.45, 2.75) is 31.7 Å². The van der Waals surface area contributed by atoms with Crippen molar-refractivity contribution < 1.29 is 14.0 Å². The number of hydrogen-bond donors (Lipinski definition) is 1. The maximum Gasteiger partial charge on any atom is 0.289 e. The molecule has 1 aliphatic carbocycles. The van der Waals surface area contributed by atoms with Crippen molar-refractivity contribution in [1.29, 1.82) is 0 Å². The normalized spacial score (nSPS) is 20.3. The lowest BCUT2D eigenvalue weighted by molar-refractivity contribution is -0.127. The summed E-state index contributed by atoms with van der Waals surface area (Å²) >= 11 is 0. The molecule has 1 N–H and O–H groups in total. The fraction of sp³-hybridized carbons (Fsp3) is 0.400. The number of benzene rings is 1. The molecule has 2 amide bonds. The molecule has 25 heavy (non-hydrogen) atoms. The van der Waals surface area contributed by atoms with Crippen molar-refractivity contribution >= 4 is 11.8 Å². The topological polar surface area (TPSA) is 62.6 Å². The standard InChI is InChI=1S/C20H22N2O3/c23-19(21-17-8-7-14-4-1-2-5-16(14)17)15-9-11-22(12-10-15)20(24)18-6-3-13-25-18/h1-6,13,15,17H,7-12H2,(H,21,23). The lowest BCUT2D eigenvalue weighted by atomic mass is 9.95. The minimum absolute atomic E-state index is 0.0200. The first-order valence-corrected chi connectivity index (χ1v) is 8.93. The van der Waals surface area contributed by atoms with Gasteiger partial charge in [0.1, 0.15) is 0 Å². The first kappa shape index (κ1) is 15.9. The third-order valence-corrected chi connectivity index (χ3v) is 5.33. The van der Waals surface area contributed by atoms with Crippen LogP contribution in [0.5, 0.6) is 0 Å². The van der Waals surface area contributed by atoms with Crippen molar-refractivity contribution in [2.75, 3.05) is 13.1 Å². The minimum atomic E-state index is -0.0893. The monoisotopic (exact) mass is 338 g/mol. The van der Waals surface area contributed by atoms with E-state index in [-0.39, 0.29) is 23.8 Å². The van der Waals surface area contributed by atoms with Gasteiger partial charge in [-0.1, -0.05) is 24.3 Å². The molecular weight excluding hydrogens is 316 g/mol. The molecule has 1 unspecified atom stereocenters. The van der Waals surface area contributed by atoms with Gasteiger partial charge in [0.15, 0.2) is 5.76 Å². The summed E-state index contributed by atoms with van der Waals surface area (Å²) in [6.45, 7) is 1.19. The molecule has 2 aliphatic rings. The Kier molecular flexibility index (Phi) is 4.30. The average Bonchev–Trinajstić information content (AvgIpc) is 3.32. The highest BCUT2D eigenvalue weighted by Gasteiger charge is 2.31. The molecule has 130 valence electrons. The maximum absolute atomic E-state index is 12.6. The quantitative estimate of drug-likeness (QED) is 0.936. The van der Waals surface area contributed by atoms with Gasteiger partial charge in [0.05, 0.1) is 12.3 Å². The summed E-state index contributed by atoms with van der Waals surface area (Å²) in [7, 11) is 0. The van der Waals surface area contributed by atoms with Gasteiger partial charge in [-0.2, -0.15) is 0 Å². The Balaban J connectivity index is 1.32. The molecule has 1 aromatic heterocycles. The molecule has 0 saturated carbocycles. The van der Waals surface area contributed by atoms with Crippen LogP contribution in [0.25, 0.3) is 0 Å². The smallest absolute Gasteiger partial charge is 0.289 e. The van der Waals surface area contributed by atoms with E-state index in [1.54, 1.807) is 17.0 Å². The highest BCUT2D eigenvalue weighted by Crippen LogP contribution is 2.31. The van der Waals surface area contributed by atoms with Crippen LogP contribution in [0.3, 0.4) is 0 Å². The van der Waals surface area contributed by atoms with E-state index in [4.69, 9.17) is 4.42 Å². The predicted molar refractivity (Wildman–Crippen MR) is 93.0 cm³/mol. The fourth-order valence-corrected chi connectivity index (χ4v) is 3.90. The van der Waals surface area contributed by atoms with E-state index in [0.717, 1.165) is 12.8 Å². The fourth-order valence-electron chi connectivity index (χ4n) is 3.90. The van der Waals surface area contributed by atoms with Gasteiger partial charge in [-0.25, -0.2) is 0 Å². The molecule has 2 heterocycles.